The Bertz CT molecular complexity index is 740. The highest BCUT2D eigenvalue weighted by Crippen LogP contribution is 2.32. The molecule has 1 aromatic carbocycles. The van der Waals surface area contributed by atoms with E-state index in [4.69, 9.17) is 0 Å². The highest BCUT2D eigenvalue weighted by molar-refractivity contribution is 7.21. The largest absolute Gasteiger partial charge is 0.289 e. The number of fused-ring (bicyclic) bond motifs is 2. The Balaban J connectivity index is 2.41. The highest BCUT2D eigenvalue weighted by Gasteiger charge is 2.13. The van der Waals surface area contributed by atoms with E-state index in [0.717, 1.165) is 21.4 Å². The summed E-state index contributed by atoms with van der Waals surface area (Å²) in [6.07, 6.45) is 0. The zero-order chi connectivity index (χ0) is 12.7. The third-order valence-corrected chi connectivity index (χ3v) is 4.41. The van der Waals surface area contributed by atoms with Gasteiger partial charge in [-0.3, -0.25) is 4.79 Å². The molecule has 1 aliphatic heterocycles. The highest BCUT2D eigenvalue weighted by atomic mass is 32.1. The second kappa shape index (κ2) is 4.21. The Morgan fingerprint density at radius 1 is 1.06 bits per heavy atom. The summed E-state index contributed by atoms with van der Waals surface area (Å²) in [5.41, 5.74) is 1.94. The Morgan fingerprint density at radius 3 is 2.61 bits per heavy atom. The average Bonchev–Trinajstić information content (AvgIpc) is 2.37. The average molecular weight is 254 g/mol. The van der Waals surface area contributed by atoms with Crippen molar-refractivity contribution in [3.8, 4) is 10.4 Å². The van der Waals surface area contributed by atoms with Gasteiger partial charge in [0.15, 0.2) is 5.43 Å². The first-order valence-electron chi connectivity index (χ1n) is 6.12. The minimum atomic E-state index is 0.185. The van der Waals surface area contributed by atoms with Gasteiger partial charge in [0.1, 0.15) is 0 Å². The van der Waals surface area contributed by atoms with E-state index in [1.807, 2.05) is 24.3 Å². The molecule has 0 saturated heterocycles. The second-order valence-electron chi connectivity index (χ2n) is 4.83. The first kappa shape index (κ1) is 11.4. The lowest BCUT2D eigenvalue weighted by Gasteiger charge is -2.10. The molecule has 0 N–H and O–H groups in total. The summed E-state index contributed by atoms with van der Waals surface area (Å²) in [5, 5.41) is 1.15. The summed E-state index contributed by atoms with van der Waals surface area (Å²) < 4.78 is 1.22. The fraction of sp³-hybridized carbons (Fsp3) is 0.188. The van der Waals surface area contributed by atoms with Gasteiger partial charge >= 0.3 is 0 Å². The predicted octanol–water partition coefficient (Wildman–Crippen LogP) is 4.49. The van der Waals surface area contributed by atoms with E-state index in [-0.39, 0.29) is 11.3 Å². The molecule has 0 radical (unpaired) electrons. The summed E-state index contributed by atoms with van der Waals surface area (Å²) >= 11 is 1.69. The number of rotatable bonds is 1. The third-order valence-electron chi connectivity index (χ3n) is 3.25. The molecule has 2 heteroatoms. The standard InChI is InChI=1S/C16H14OS/c1-10(2)12-7-8-15-13(16(12)17)9-11-5-3-4-6-14(11)18-15/h3-10H,1-2H3. The number of hydrogen-bond acceptors (Lipinski definition) is 2. The Labute approximate surface area is 110 Å². The van der Waals surface area contributed by atoms with Crippen LogP contribution in [0.3, 0.4) is 0 Å². The third kappa shape index (κ3) is 1.73. The van der Waals surface area contributed by atoms with Crippen molar-refractivity contribution in [3.63, 3.8) is 0 Å². The number of hydrogen-bond donors (Lipinski definition) is 0. The first-order valence-corrected chi connectivity index (χ1v) is 6.94. The van der Waals surface area contributed by atoms with E-state index in [2.05, 4.69) is 32.0 Å². The van der Waals surface area contributed by atoms with Crippen molar-refractivity contribution in [1.82, 2.24) is 0 Å². The number of benzene rings is 2. The van der Waals surface area contributed by atoms with Crippen LogP contribution in [-0.2, 0) is 0 Å². The van der Waals surface area contributed by atoms with E-state index < -0.39 is 0 Å². The van der Waals surface area contributed by atoms with Gasteiger partial charge in [0.2, 0.25) is 0 Å². The molecule has 0 atom stereocenters. The molecule has 2 aliphatic rings. The zero-order valence-electron chi connectivity index (χ0n) is 10.4. The van der Waals surface area contributed by atoms with E-state index in [1.165, 1.54) is 4.70 Å². The molecule has 0 amide bonds. The SMILES string of the molecule is CC(C)c1ccc2sc3ccccc3cc-2c1=O. The Morgan fingerprint density at radius 2 is 1.83 bits per heavy atom. The van der Waals surface area contributed by atoms with Crippen molar-refractivity contribution in [2.24, 2.45) is 0 Å². The van der Waals surface area contributed by atoms with E-state index in [0.29, 0.717) is 0 Å². The molecular formula is C16H14OS. The fourth-order valence-corrected chi connectivity index (χ4v) is 3.27. The minimum absolute atomic E-state index is 0.185. The lowest BCUT2D eigenvalue weighted by Crippen LogP contribution is -2.12. The van der Waals surface area contributed by atoms with Crippen LogP contribution in [0.15, 0.2) is 47.3 Å². The molecule has 3 rings (SSSR count). The van der Waals surface area contributed by atoms with Gasteiger partial charge in [-0.2, -0.15) is 0 Å². The molecule has 0 bridgehead atoms. The fourth-order valence-electron chi connectivity index (χ4n) is 2.25. The predicted molar refractivity (Wildman–Crippen MR) is 78.8 cm³/mol. The van der Waals surface area contributed by atoms with Gasteiger partial charge in [-0.1, -0.05) is 38.1 Å². The summed E-state index contributed by atoms with van der Waals surface area (Å²) in [6, 6.07) is 14.3. The molecule has 0 aromatic heterocycles. The lowest BCUT2D eigenvalue weighted by atomic mass is 9.98. The topological polar surface area (TPSA) is 17.1 Å². The van der Waals surface area contributed by atoms with Crippen LogP contribution in [0.1, 0.15) is 25.3 Å². The maximum absolute atomic E-state index is 12.4. The van der Waals surface area contributed by atoms with Gasteiger partial charge in [0.25, 0.3) is 0 Å². The molecule has 1 nitrogen and oxygen atoms in total. The van der Waals surface area contributed by atoms with Crippen molar-refractivity contribution >= 4 is 21.4 Å². The minimum Gasteiger partial charge on any atom is -0.289 e. The molecule has 0 fully saturated rings. The smallest absolute Gasteiger partial charge is 0.190 e. The van der Waals surface area contributed by atoms with Crippen LogP contribution in [0.4, 0.5) is 0 Å². The van der Waals surface area contributed by atoms with E-state index >= 15 is 0 Å². The second-order valence-corrected chi connectivity index (χ2v) is 5.92. The van der Waals surface area contributed by atoms with Gasteiger partial charge in [-0.05, 0) is 29.5 Å². The van der Waals surface area contributed by atoms with Crippen LogP contribution in [0.25, 0.3) is 20.5 Å². The quantitative estimate of drug-likeness (QED) is 0.585. The van der Waals surface area contributed by atoms with Crippen molar-refractivity contribution < 1.29 is 0 Å². The van der Waals surface area contributed by atoms with E-state index in [1.54, 1.807) is 11.3 Å². The lowest BCUT2D eigenvalue weighted by molar-refractivity contribution is 0.858. The molecule has 0 spiro atoms. The maximum Gasteiger partial charge on any atom is 0.190 e. The van der Waals surface area contributed by atoms with Crippen LogP contribution in [0.2, 0.25) is 0 Å². The molecule has 0 saturated carbocycles. The van der Waals surface area contributed by atoms with Crippen LogP contribution < -0.4 is 5.43 Å². The summed E-state index contributed by atoms with van der Waals surface area (Å²) in [6.45, 7) is 4.13. The summed E-state index contributed by atoms with van der Waals surface area (Å²) in [7, 11) is 0. The van der Waals surface area contributed by atoms with Crippen LogP contribution in [0, 0.1) is 0 Å². The molecule has 1 aromatic rings. The van der Waals surface area contributed by atoms with Crippen molar-refractivity contribution in [3.05, 3.63) is 58.3 Å². The van der Waals surface area contributed by atoms with Crippen molar-refractivity contribution in [2.75, 3.05) is 0 Å². The molecule has 0 unspecified atom stereocenters. The van der Waals surface area contributed by atoms with Gasteiger partial charge in [0.05, 0.1) is 0 Å². The van der Waals surface area contributed by atoms with Crippen molar-refractivity contribution in [1.29, 1.82) is 0 Å². The monoisotopic (exact) mass is 254 g/mol. The van der Waals surface area contributed by atoms with Crippen LogP contribution in [0.5, 0.6) is 0 Å². The van der Waals surface area contributed by atoms with Crippen LogP contribution >= 0.6 is 11.3 Å². The Kier molecular flexibility index (Phi) is 2.67. The van der Waals surface area contributed by atoms with Gasteiger partial charge in [0, 0.05) is 20.7 Å². The maximum atomic E-state index is 12.4. The van der Waals surface area contributed by atoms with Gasteiger partial charge < -0.3 is 0 Å². The van der Waals surface area contributed by atoms with E-state index in [9.17, 15) is 4.79 Å². The molecular weight excluding hydrogens is 240 g/mol. The molecule has 1 aliphatic carbocycles. The molecule has 90 valence electrons. The first-order chi connectivity index (χ1) is 8.66. The van der Waals surface area contributed by atoms with Crippen LogP contribution in [-0.4, -0.2) is 0 Å². The summed E-state index contributed by atoms with van der Waals surface area (Å²) in [5.74, 6) is 0.276. The summed E-state index contributed by atoms with van der Waals surface area (Å²) in [4.78, 5) is 13.5. The molecule has 1 heterocycles. The Hall–Kier alpha value is -1.67. The molecule has 18 heavy (non-hydrogen) atoms. The zero-order valence-corrected chi connectivity index (χ0v) is 11.3. The normalized spacial score (nSPS) is 11.5. The van der Waals surface area contributed by atoms with Gasteiger partial charge in [-0.15, -0.1) is 11.3 Å². The van der Waals surface area contributed by atoms with Crippen molar-refractivity contribution in [2.45, 2.75) is 19.8 Å². The van der Waals surface area contributed by atoms with Gasteiger partial charge in [-0.25, -0.2) is 0 Å².